The molecule has 1 fully saturated rings. The van der Waals surface area contributed by atoms with E-state index in [1.54, 1.807) is 31.3 Å². The van der Waals surface area contributed by atoms with Gasteiger partial charge in [0.25, 0.3) is 11.6 Å². The van der Waals surface area contributed by atoms with E-state index in [2.05, 4.69) is 5.10 Å². The van der Waals surface area contributed by atoms with E-state index >= 15 is 0 Å². The molecule has 10 heteroatoms. The summed E-state index contributed by atoms with van der Waals surface area (Å²) in [5.74, 6) is 0.343. The van der Waals surface area contributed by atoms with Crippen LogP contribution in [0.3, 0.4) is 0 Å². The van der Waals surface area contributed by atoms with Gasteiger partial charge in [-0.05, 0) is 48.2 Å². The van der Waals surface area contributed by atoms with Crippen molar-refractivity contribution in [1.29, 1.82) is 0 Å². The lowest BCUT2D eigenvalue weighted by Gasteiger charge is -2.32. The third kappa shape index (κ3) is 5.54. The molecule has 0 radical (unpaired) electrons. The standard InChI is InChI=1S/C26H30N4O6/c1-35-15-14-28(26(32)20-4-3-5-20)17-25(31)29-24(19-8-12-22(36-2)13-9-19)16-23(27-29)18-6-10-21(11-7-18)30(33)34/h6-13,20,24H,3-5,14-17H2,1-2H3. The van der Waals surface area contributed by atoms with Crippen molar-refractivity contribution < 1.29 is 24.0 Å². The summed E-state index contributed by atoms with van der Waals surface area (Å²) in [6.45, 7) is 0.574. The summed E-state index contributed by atoms with van der Waals surface area (Å²) in [6.07, 6.45) is 3.15. The zero-order valence-corrected chi connectivity index (χ0v) is 20.5. The Morgan fingerprint density at radius 2 is 1.81 bits per heavy atom. The van der Waals surface area contributed by atoms with E-state index < -0.39 is 4.92 Å². The van der Waals surface area contributed by atoms with Crippen LogP contribution in [0.2, 0.25) is 0 Å². The maximum atomic E-state index is 13.5. The second-order valence-corrected chi connectivity index (χ2v) is 8.96. The fourth-order valence-corrected chi connectivity index (χ4v) is 4.39. The maximum absolute atomic E-state index is 13.5. The van der Waals surface area contributed by atoms with Crippen LogP contribution in [-0.2, 0) is 14.3 Å². The first-order chi connectivity index (χ1) is 17.4. The number of hydrazone groups is 1. The highest BCUT2D eigenvalue weighted by Crippen LogP contribution is 2.34. The number of methoxy groups -OCH3 is 2. The largest absolute Gasteiger partial charge is 0.497 e. The summed E-state index contributed by atoms with van der Waals surface area (Å²) in [6, 6.07) is 13.2. The Labute approximate surface area is 209 Å². The number of carbonyl (C=O) groups is 2. The lowest BCUT2D eigenvalue weighted by molar-refractivity contribution is -0.384. The zero-order chi connectivity index (χ0) is 25.7. The van der Waals surface area contributed by atoms with Crippen LogP contribution in [0, 0.1) is 16.0 Å². The average molecular weight is 495 g/mol. The van der Waals surface area contributed by atoms with Crippen LogP contribution in [0.4, 0.5) is 5.69 Å². The van der Waals surface area contributed by atoms with Gasteiger partial charge in [-0.25, -0.2) is 5.01 Å². The molecule has 1 aliphatic carbocycles. The number of benzene rings is 2. The summed E-state index contributed by atoms with van der Waals surface area (Å²) < 4.78 is 10.4. The fraction of sp³-hybridized carbons (Fsp3) is 0.423. The third-order valence-corrected chi connectivity index (χ3v) is 6.74. The number of nitrogens with zero attached hydrogens (tertiary/aromatic N) is 4. The molecule has 36 heavy (non-hydrogen) atoms. The molecular formula is C26H30N4O6. The van der Waals surface area contributed by atoms with Gasteiger partial charge in [0.05, 0.1) is 30.4 Å². The number of carbonyl (C=O) groups excluding carboxylic acids is 2. The monoisotopic (exact) mass is 494 g/mol. The molecule has 0 aromatic heterocycles. The highest BCUT2D eigenvalue weighted by atomic mass is 16.6. The molecule has 1 atom stereocenters. The molecule has 2 aromatic carbocycles. The highest BCUT2D eigenvalue weighted by Gasteiger charge is 2.36. The Kier molecular flexibility index (Phi) is 7.94. The van der Waals surface area contributed by atoms with Gasteiger partial charge in [-0.1, -0.05) is 18.6 Å². The summed E-state index contributed by atoms with van der Waals surface area (Å²) in [5.41, 5.74) is 2.21. The summed E-state index contributed by atoms with van der Waals surface area (Å²) in [4.78, 5) is 38.7. The van der Waals surface area contributed by atoms with Crippen LogP contribution in [0.1, 0.15) is 42.9 Å². The molecule has 0 bridgehead atoms. The Hall–Kier alpha value is -3.79. The van der Waals surface area contributed by atoms with Crippen molar-refractivity contribution in [2.45, 2.75) is 31.7 Å². The van der Waals surface area contributed by atoms with Gasteiger partial charge in [-0.2, -0.15) is 5.10 Å². The van der Waals surface area contributed by atoms with Crippen LogP contribution in [-0.4, -0.2) is 66.3 Å². The minimum atomic E-state index is -0.454. The predicted octanol–water partition coefficient (Wildman–Crippen LogP) is 3.56. The van der Waals surface area contributed by atoms with Gasteiger partial charge < -0.3 is 14.4 Å². The number of nitro benzene ring substituents is 1. The van der Waals surface area contributed by atoms with Crippen molar-refractivity contribution in [1.82, 2.24) is 9.91 Å². The molecule has 1 aliphatic heterocycles. The van der Waals surface area contributed by atoms with Crippen molar-refractivity contribution in [2.24, 2.45) is 11.0 Å². The van der Waals surface area contributed by atoms with E-state index in [-0.39, 0.29) is 36.0 Å². The molecule has 10 nitrogen and oxygen atoms in total. The van der Waals surface area contributed by atoms with Crippen molar-refractivity contribution in [2.75, 3.05) is 33.9 Å². The van der Waals surface area contributed by atoms with Crippen molar-refractivity contribution >= 4 is 23.2 Å². The van der Waals surface area contributed by atoms with E-state index in [9.17, 15) is 19.7 Å². The molecule has 2 amide bonds. The van der Waals surface area contributed by atoms with Gasteiger partial charge in [0, 0.05) is 38.1 Å². The van der Waals surface area contributed by atoms with E-state index in [0.717, 1.165) is 24.8 Å². The molecule has 4 rings (SSSR count). The second-order valence-electron chi connectivity index (χ2n) is 8.96. The minimum absolute atomic E-state index is 0.0136. The lowest BCUT2D eigenvalue weighted by atomic mass is 9.84. The van der Waals surface area contributed by atoms with E-state index in [4.69, 9.17) is 9.47 Å². The molecule has 2 aromatic rings. The Bertz CT molecular complexity index is 1130. The first-order valence-electron chi connectivity index (χ1n) is 12.0. The number of amides is 2. The minimum Gasteiger partial charge on any atom is -0.497 e. The van der Waals surface area contributed by atoms with Crippen LogP contribution < -0.4 is 4.74 Å². The first-order valence-corrected chi connectivity index (χ1v) is 12.0. The number of ether oxygens (including phenoxy) is 2. The third-order valence-electron chi connectivity index (χ3n) is 6.74. The number of rotatable bonds is 10. The molecule has 1 heterocycles. The Morgan fingerprint density at radius 3 is 2.36 bits per heavy atom. The Morgan fingerprint density at radius 1 is 1.11 bits per heavy atom. The SMILES string of the molecule is COCCN(CC(=O)N1N=C(c2ccc([N+](=O)[O-])cc2)CC1c1ccc(OC)cc1)C(=O)C1CCC1. The highest BCUT2D eigenvalue weighted by molar-refractivity contribution is 6.03. The number of non-ortho nitro benzene ring substituents is 1. The van der Waals surface area contributed by atoms with E-state index in [1.807, 2.05) is 24.3 Å². The topological polar surface area (TPSA) is 115 Å². The second kappa shape index (κ2) is 11.3. The average Bonchev–Trinajstić information content (AvgIpc) is 3.31. The van der Waals surface area contributed by atoms with Gasteiger partial charge in [-0.3, -0.25) is 19.7 Å². The van der Waals surface area contributed by atoms with Crippen LogP contribution in [0.5, 0.6) is 5.75 Å². The molecule has 1 saturated carbocycles. The van der Waals surface area contributed by atoms with Gasteiger partial charge in [0.15, 0.2) is 0 Å². The quantitative estimate of drug-likeness (QED) is 0.369. The summed E-state index contributed by atoms with van der Waals surface area (Å²) in [7, 11) is 3.15. The van der Waals surface area contributed by atoms with Gasteiger partial charge in [-0.15, -0.1) is 0 Å². The Balaban J connectivity index is 1.60. The number of hydrogen-bond acceptors (Lipinski definition) is 7. The van der Waals surface area contributed by atoms with Crippen LogP contribution in [0.15, 0.2) is 53.6 Å². The van der Waals surface area contributed by atoms with Crippen molar-refractivity contribution in [3.05, 3.63) is 69.8 Å². The van der Waals surface area contributed by atoms with Crippen molar-refractivity contribution in [3.63, 3.8) is 0 Å². The first kappa shape index (κ1) is 25.3. The fourth-order valence-electron chi connectivity index (χ4n) is 4.39. The number of hydrogen-bond donors (Lipinski definition) is 0. The van der Waals surface area contributed by atoms with E-state index in [0.29, 0.717) is 36.6 Å². The summed E-state index contributed by atoms with van der Waals surface area (Å²) >= 11 is 0. The molecule has 0 N–H and O–H groups in total. The van der Waals surface area contributed by atoms with Gasteiger partial charge >= 0.3 is 0 Å². The van der Waals surface area contributed by atoms with E-state index in [1.165, 1.54) is 17.1 Å². The van der Waals surface area contributed by atoms with Crippen LogP contribution in [0.25, 0.3) is 0 Å². The number of nitro groups is 1. The lowest BCUT2D eigenvalue weighted by Crippen LogP contribution is -2.46. The smallest absolute Gasteiger partial charge is 0.269 e. The summed E-state index contributed by atoms with van der Waals surface area (Å²) in [5, 5.41) is 17.1. The zero-order valence-electron chi connectivity index (χ0n) is 20.5. The normalized spacial score (nSPS) is 17.3. The van der Waals surface area contributed by atoms with Crippen LogP contribution >= 0.6 is 0 Å². The molecular weight excluding hydrogens is 464 g/mol. The van der Waals surface area contributed by atoms with Crippen molar-refractivity contribution in [3.8, 4) is 5.75 Å². The van der Waals surface area contributed by atoms with Gasteiger partial charge in [0.1, 0.15) is 12.3 Å². The molecule has 2 aliphatic rings. The molecule has 0 spiro atoms. The molecule has 0 saturated heterocycles. The predicted molar refractivity (Wildman–Crippen MR) is 133 cm³/mol. The molecule has 190 valence electrons. The maximum Gasteiger partial charge on any atom is 0.269 e. The van der Waals surface area contributed by atoms with Gasteiger partial charge in [0.2, 0.25) is 5.91 Å². The molecule has 1 unspecified atom stereocenters.